The molecule has 0 N–H and O–H groups in total. The number of carbonyl (C=O) groups excluding carboxylic acids is 1. The van der Waals surface area contributed by atoms with Gasteiger partial charge in [-0.15, -0.1) is 0 Å². The van der Waals surface area contributed by atoms with Crippen LogP contribution in [0.5, 0.6) is 0 Å². The van der Waals surface area contributed by atoms with Gasteiger partial charge in [0.05, 0.1) is 12.5 Å². The van der Waals surface area contributed by atoms with Gasteiger partial charge in [0.2, 0.25) is 5.91 Å². The van der Waals surface area contributed by atoms with Gasteiger partial charge in [0.1, 0.15) is 12.7 Å². The maximum atomic E-state index is 12.5. The Kier molecular flexibility index (Phi) is 3.29. The van der Waals surface area contributed by atoms with E-state index in [1.165, 1.54) is 38.4 Å². The van der Waals surface area contributed by atoms with Crippen molar-refractivity contribution in [2.75, 3.05) is 13.1 Å². The zero-order valence-corrected chi connectivity index (χ0v) is 11.6. The molecule has 3 rings (SSSR count). The first kappa shape index (κ1) is 12.6. The van der Waals surface area contributed by atoms with Gasteiger partial charge in [-0.05, 0) is 24.7 Å². The van der Waals surface area contributed by atoms with Crippen LogP contribution in [0.15, 0.2) is 12.7 Å². The van der Waals surface area contributed by atoms with E-state index in [9.17, 15) is 4.79 Å². The van der Waals surface area contributed by atoms with Crippen LogP contribution in [-0.4, -0.2) is 38.7 Å². The normalized spacial score (nSPS) is 23.1. The van der Waals surface area contributed by atoms with Crippen molar-refractivity contribution in [2.24, 2.45) is 11.3 Å². The molecular formula is C14H22N4O. The average Bonchev–Trinajstić information content (AvgIpc) is 3.13. The lowest BCUT2D eigenvalue weighted by molar-refractivity contribution is -0.134. The first-order valence-electron chi connectivity index (χ1n) is 7.30. The van der Waals surface area contributed by atoms with E-state index >= 15 is 0 Å². The molecule has 1 aromatic heterocycles. The van der Waals surface area contributed by atoms with Crippen LogP contribution in [0.2, 0.25) is 0 Å². The Bertz CT molecular complexity index is 436. The largest absolute Gasteiger partial charge is 0.342 e. The van der Waals surface area contributed by atoms with Crippen molar-refractivity contribution in [3.8, 4) is 0 Å². The summed E-state index contributed by atoms with van der Waals surface area (Å²) in [5.41, 5.74) is 0.461. The topological polar surface area (TPSA) is 51.0 Å². The lowest BCUT2D eigenvalue weighted by atomic mass is 9.86. The highest BCUT2D eigenvalue weighted by Crippen LogP contribution is 2.45. The molecular weight excluding hydrogens is 240 g/mol. The maximum absolute atomic E-state index is 12.5. The number of aromatic nitrogens is 3. The molecule has 1 saturated carbocycles. The van der Waals surface area contributed by atoms with E-state index < -0.39 is 0 Å². The van der Waals surface area contributed by atoms with E-state index in [4.69, 9.17) is 0 Å². The quantitative estimate of drug-likeness (QED) is 0.833. The first-order valence-corrected chi connectivity index (χ1v) is 7.30. The van der Waals surface area contributed by atoms with Crippen molar-refractivity contribution in [1.29, 1.82) is 0 Å². The molecule has 1 saturated heterocycles. The van der Waals surface area contributed by atoms with E-state index in [2.05, 4.69) is 15.0 Å². The Balaban J connectivity index is 1.58. The molecule has 19 heavy (non-hydrogen) atoms. The average molecular weight is 262 g/mol. The minimum atomic E-state index is -0.0155. The van der Waals surface area contributed by atoms with E-state index in [0.717, 1.165) is 13.1 Å². The smallest absolute Gasteiger partial charge is 0.227 e. The Morgan fingerprint density at radius 1 is 1.37 bits per heavy atom. The highest BCUT2D eigenvalue weighted by atomic mass is 16.2. The summed E-state index contributed by atoms with van der Waals surface area (Å²) < 4.78 is 1.74. The maximum Gasteiger partial charge on any atom is 0.227 e. The van der Waals surface area contributed by atoms with Gasteiger partial charge < -0.3 is 4.90 Å². The second-order valence-electron chi connectivity index (χ2n) is 6.24. The number of rotatable bonds is 3. The highest BCUT2D eigenvalue weighted by Gasteiger charge is 2.42. The summed E-state index contributed by atoms with van der Waals surface area (Å²) in [7, 11) is 0. The summed E-state index contributed by atoms with van der Waals surface area (Å²) in [6, 6.07) is 0. The summed E-state index contributed by atoms with van der Waals surface area (Å²) in [6.45, 7) is 4.54. The first-order chi connectivity index (χ1) is 9.19. The second-order valence-corrected chi connectivity index (χ2v) is 6.24. The van der Waals surface area contributed by atoms with Gasteiger partial charge in [-0.25, -0.2) is 4.98 Å². The molecule has 5 nitrogen and oxygen atoms in total. The molecule has 1 aliphatic heterocycles. The van der Waals surface area contributed by atoms with Crippen LogP contribution in [0.3, 0.4) is 0 Å². The van der Waals surface area contributed by atoms with Crippen LogP contribution in [0.1, 0.15) is 39.0 Å². The predicted molar refractivity (Wildman–Crippen MR) is 71.3 cm³/mol. The number of amides is 1. The summed E-state index contributed by atoms with van der Waals surface area (Å²) in [4.78, 5) is 18.5. The van der Waals surface area contributed by atoms with Crippen LogP contribution in [0, 0.1) is 11.3 Å². The second kappa shape index (κ2) is 4.94. The van der Waals surface area contributed by atoms with Gasteiger partial charge in [-0.2, -0.15) is 5.10 Å². The molecule has 1 aromatic rings. The van der Waals surface area contributed by atoms with Crippen molar-refractivity contribution in [2.45, 2.75) is 45.6 Å². The van der Waals surface area contributed by atoms with Crippen molar-refractivity contribution < 1.29 is 4.79 Å². The van der Waals surface area contributed by atoms with Crippen LogP contribution in [-0.2, 0) is 11.3 Å². The van der Waals surface area contributed by atoms with Crippen LogP contribution >= 0.6 is 0 Å². The van der Waals surface area contributed by atoms with Crippen molar-refractivity contribution in [3.05, 3.63) is 12.7 Å². The molecule has 1 aliphatic carbocycles. The van der Waals surface area contributed by atoms with E-state index in [-0.39, 0.29) is 11.8 Å². The van der Waals surface area contributed by atoms with Crippen LogP contribution in [0.25, 0.3) is 0 Å². The fraction of sp³-hybridized carbons (Fsp3) is 0.786. The summed E-state index contributed by atoms with van der Waals surface area (Å²) in [5.74, 6) is 0.262. The summed E-state index contributed by atoms with van der Waals surface area (Å²) >= 11 is 0. The molecule has 5 heteroatoms. The van der Waals surface area contributed by atoms with E-state index in [0.29, 0.717) is 12.0 Å². The Morgan fingerprint density at radius 3 is 2.84 bits per heavy atom. The summed E-state index contributed by atoms with van der Waals surface area (Å²) in [6.07, 6.45) is 9.71. The molecule has 2 fully saturated rings. The van der Waals surface area contributed by atoms with Crippen molar-refractivity contribution in [3.63, 3.8) is 0 Å². The third kappa shape index (κ3) is 2.51. The minimum Gasteiger partial charge on any atom is -0.342 e. The zero-order chi connectivity index (χ0) is 13.3. The predicted octanol–water partition coefficient (Wildman–Crippen LogP) is 1.71. The molecule has 2 heterocycles. The van der Waals surface area contributed by atoms with Crippen molar-refractivity contribution >= 4 is 5.91 Å². The lowest BCUT2D eigenvalue weighted by Gasteiger charge is -2.25. The SMILES string of the molecule is CC(Cn1cncn1)C(=O)N1CCC2(CCCC2)C1. The highest BCUT2D eigenvalue weighted by molar-refractivity contribution is 5.78. The van der Waals surface area contributed by atoms with E-state index in [1.807, 2.05) is 6.92 Å². The monoisotopic (exact) mass is 262 g/mol. The molecule has 0 radical (unpaired) electrons. The third-order valence-corrected chi connectivity index (χ3v) is 4.76. The zero-order valence-electron chi connectivity index (χ0n) is 11.6. The Labute approximate surface area is 114 Å². The molecule has 1 amide bonds. The van der Waals surface area contributed by atoms with Gasteiger partial charge in [-0.3, -0.25) is 9.48 Å². The Morgan fingerprint density at radius 2 is 2.16 bits per heavy atom. The number of hydrogen-bond acceptors (Lipinski definition) is 3. The van der Waals surface area contributed by atoms with E-state index in [1.54, 1.807) is 11.0 Å². The van der Waals surface area contributed by atoms with Gasteiger partial charge in [0, 0.05) is 13.1 Å². The van der Waals surface area contributed by atoms with Crippen LogP contribution < -0.4 is 0 Å². The van der Waals surface area contributed by atoms with Crippen molar-refractivity contribution in [1.82, 2.24) is 19.7 Å². The van der Waals surface area contributed by atoms with Gasteiger partial charge in [0.15, 0.2) is 0 Å². The Hall–Kier alpha value is -1.39. The van der Waals surface area contributed by atoms with Crippen LogP contribution in [0.4, 0.5) is 0 Å². The standard InChI is InChI=1S/C14H22N4O/c1-12(8-18-11-15-10-16-18)13(19)17-7-6-14(9-17)4-2-3-5-14/h10-12H,2-9H2,1H3. The summed E-state index contributed by atoms with van der Waals surface area (Å²) in [5, 5.41) is 4.07. The number of nitrogens with zero attached hydrogens (tertiary/aromatic N) is 4. The molecule has 0 aromatic carbocycles. The molecule has 1 unspecified atom stereocenters. The molecule has 104 valence electrons. The van der Waals surface area contributed by atoms with Gasteiger partial charge >= 0.3 is 0 Å². The number of carbonyl (C=O) groups is 1. The fourth-order valence-corrected chi connectivity index (χ4v) is 3.65. The van der Waals surface area contributed by atoms with Gasteiger partial charge in [0.25, 0.3) is 0 Å². The number of likely N-dealkylation sites (tertiary alicyclic amines) is 1. The third-order valence-electron chi connectivity index (χ3n) is 4.76. The molecule has 1 spiro atoms. The lowest BCUT2D eigenvalue weighted by Crippen LogP contribution is -2.36. The molecule has 1 atom stereocenters. The number of hydrogen-bond donors (Lipinski definition) is 0. The van der Waals surface area contributed by atoms with Gasteiger partial charge in [-0.1, -0.05) is 19.8 Å². The fourth-order valence-electron chi connectivity index (χ4n) is 3.65. The molecule has 2 aliphatic rings. The molecule has 0 bridgehead atoms. The minimum absolute atomic E-state index is 0.0155.